The van der Waals surface area contributed by atoms with Crippen molar-refractivity contribution in [3.8, 4) is 17.0 Å². The fourth-order valence-electron chi connectivity index (χ4n) is 2.93. The number of ether oxygens (including phenoxy) is 1. The number of para-hydroxylation sites is 3. The molecule has 0 aliphatic heterocycles. The van der Waals surface area contributed by atoms with Crippen molar-refractivity contribution in [1.29, 1.82) is 0 Å². The molecule has 4 rings (SSSR count). The maximum Gasteiger partial charge on any atom is 0.142 e. The molecule has 0 amide bonds. The highest BCUT2D eigenvalue weighted by molar-refractivity contribution is 5.95. The number of benzene rings is 3. The highest BCUT2D eigenvalue weighted by Crippen LogP contribution is 2.33. The molecule has 3 heteroatoms. The van der Waals surface area contributed by atoms with E-state index >= 15 is 0 Å². The Balaban J connectivity index is 1.87. The normalized spacial score (nSPS) is 10.6. The average molecular weight is 326 g/mol. The summed E-state index contributed by atoms with van der Waals surface area (Å²) in [5.74, 6) is 0.810. The molecule has 0 atom stereocenters. The van der Waals surface area contributed by atoms with Crippen LogP contribution in [0.5, 0.6) is 5.75 Å². The number of nitrogens with one attached hydrogen (secondary N) is 1. The summed E-state index contributed by atoms with van der Waals surface area (Å²) in [6, 6.07) is 28.4. The molecule has 0 spiro atoms. The fraction of sp³-hybridized carbons (Fsp3) is 0.0455. The van der Waals surface area contributed by atoms with Gasteiger partial charge in [-0.1, -0.05) is 60.7 Å². The van der Waals surface area contributed by atoms with Gasteiger partial charge in [0.25, 0.3) is 0 Å². The summed E-state index contributed by atoms with van der Waals surface area (Å²) in [5.41, 5.74) is 4.93. The molecule has 0 unspecified atom stereocenters. The van der Waals surface area contributed by atoms with Crippen molar-refractivity contribution in [3.05, 3.63) is 84.9 Å². The van der Waals surface area contributed by atoms with Crippen molar-refractivity contribution in [2.75, 3.05) is 12.4 Å². The maximum absolute atomic E-state index is 5.47. The van der Waals surface area contributed by atoms with Crippen LogP contribution < -0.4 is 10.1 Å². The van der Waals surface area contributed by atoms with Crippen LogP contribution in [0, 0.1) is 0 Å². The SMILES string of the molecule is COc1ccccc1Nc1cc(-c2ccccc2)nc2ccccc12. The van der Waals surface area contributed by atoms with Crippen LogP contribution in [-0.4, -0.2) is 12.1 Å². The van der Waals surface area contributed by atoms with Gasteiger partial charge in [0.05, 0.1) is 29.7 Å². The lowest BCUT2D eigenvalue weighted by atomic mass is 10.1. The lowest BCUT2D eigenvalue weighted by Gasteiger charge is -2.14. The predicted octanol–water partition coefficient (Wildman–Crippen LogP) is 5.65. The maximum atomic E-state index is 5.47. The Morgan fingerprint density at radius 3 is 2.32 bits per heavy atom. The number of nitrogens with zero attached hydrogens (tertiary/aromatic N) is 1. The van der Waals surface area contributed by atoms with Gasteiger partial charge in [0, 0.05) is 10.9 Å². The lowest BCUT2D eigenvalue weighted by molar-refractivity contribution is 0.417. The van der Waals surface area contributed by atoms with E-state index < -0.39 is 0 Å². The van der Waals surface area contributed by atoms with Crippen LogP contribution in [0.4, 0.5) is 11.4 Å². The van der Waals surface area contributed by atoms with E-state index in [0.29, 0.717) is 0 Å². The number of hydrogen-bond acceptors (Lipinski definition) is 3. The Morgan fingerprint density at radius 1 is 0.760 bits per heavy atom. The van der Waals surface area contributed by atoms with Crippen molar-refractivity contribution < 1.29 is 4.74 Å². The van der Waals surface area contributed by atoms with E-state index in [4.69, 9.17) is 9.72 Å². The number of methoxy groups -OCH3 is 1. The molecule has 0 radical (unpaired) electrons. The van der Waals surface area contributed by atoms with E-state index in [9.17, 15) is 0 Å². The summed E-state index contributed by atoms with van der Waals surface area (Å²) in [4.78, 5) is 4.82. The van der Waals surface area contributed by atoms with Gasteiger partial charge in [-0.25, -0.2) is 4.98 Å². The molecule has 122 valence electrons. The number of hydrogen-bond donors (Lipinski definition) is 1. The van der Waals surface area contributed by atoms with Crippen LogP contribution in [0.25, 0.3) is 22.2 Å². The number of aromatic nitrogens is 1. The standard InChI is InChI=1S/C22H18N2O/c1-25-22-14-8-7-13-19(22)24-21-15-20(16-9-3-2-4-10-16)23-18-12-6-5-11-17(18)21/h2-15H,1H3,(H,23,24). The first-order chi connectivity index (χ1) is 12.3. The minimum Gasteiger partial charge on any atom is -0.495 e. The molecule has 0 aliphatic carbocycles. The average Bonchev–Trinajstić information content (AvgIpc) is 2.69. The van der Waals surface area contributed by atoms with E-state index in [1.54, 1.807) is 7.11 Å². The quantitative estimate of drug-likeness (QED) is 0.526. The van der Waals surface area contributed by atoms with E-state index in [0.717, 1.165) is 39.3 Å². The first kappa shape index (κ1) is 15.2. The van der Waals surface area contributed by atoms with Gasteiger partial charge in [-0.15, -0.1) is 0 Å². The monoisotopic (exact) mass is 326 g/mol. The van der Waals surface area contributed by atoms with Crippen LogP contribution in [0.3, 0.4) is 0 Å². The smallest absolute Gasteiger partial charge is 0.142 e. The van der Waals surface area contributed by atoms with Gasteiger partial charge in [-0.05, 0) is 24.3 Å². The predicted molar refractivity (Wildman–Crippen MR) is 103 cm³/mol. The van der Waals surface area contributed by atoms with Crippen LogP contribution in [-0.2, 0) is 0 Å². The molecule has 1 N–H and O–H groups in total. The lowest BCUT2D eigenvalue weighted by Crippen LogP contribution is -1.97. The van der Waals surface area contributed by atoms with Crippen LogP contribution in [0.1, 0.15) is 0 Å². The topological polar surface area (TPSA) is 34.1 Å². The molecule has 25 heavy (non-hydrogen) atoms. The van der Waals surface area contributed by atoms with Crippen LogP contribution >= 0.6 is 0 Å². The largest absolute Gasteiger partial charge is 0.495 e. The second-order valence-electron chi connectivity index (χ2n) is 5.76. The molecule has 1 heterocycles. The molecular formula is C22H18N2O. The molecule has 1 aromatic heterocycles. The van der Waals surface area contributed by atoms with Gasteiger partial charge in [-0.3, -0.25) is 0 Å². The van der Waals surface area contributed by atoms with Crippen molar-refractivity contribution in [1.82, 2.24) is 4.98 Å². The summed E-state index contributed by atoms with van der Waals surface area (Å²) >= 11 is 0. The third kappa shape index (κ3) is 3.04. The van der Waals surface area contributed by atoms with E-state index in [2.05, 4.69) is 29.6 Å². The minimum absolute atomic E-state index is 0.810. The van der Waals surface area contributed by atoms with Crippen LogP contribution in [0.15, 0.2) is 84.9 Å². The minimum atomic E-state index is 0.810. The summed E-state index contributed by atoms with van der Waals surface area (Å²) in [6.45, 7) is 0. The number of pyridine rings is 1. The van der Waals surface area contributed by atoms with E-state index in [-0.39, 0.29) is 0 Å². The number of rotatable bonds is 4. The first-order valence-electron chi connectivity index (χ1n) is 8.20. The highest BCUT2D eigenvalue weighted by Gasteiger charge is 2.09. The molecular weight excluding hydrogens is 308 g/mol. The van der Waals surface area contributed by atoms with Crippen molar-refractivity contribution >= 4 is 22.3 Å². The van der Waals surface area contributed by atoms with Gasteiger partial charge >= 0.3 is 0 Å². The first-order valence-corrected chi connectivity index (χ1v) is 8.20. The summed E-state index contributed by atoms with van der Waals surface area (Å²) < 4.78 is 5.47. The number of fused-ring (bicyclic) bond motifs is 1. The molecule has 3 nitrogen and oxygen atoms in total. The highest BCUT2D eigenvalue weighted by atomic mass is 16.5. The fourth-order valence-corrected chi connectivity index (χ4v) is 2.93. The Kier molecular flexibility index (Phi) is 4.05. The third-order valence-corrected chi connectivity index (χ3v) is 4.16. The Labute approximate surface area is 146 Å². The van der Waals surface area contributed by atoms with Gasteiger partial charge in [-0.2, -0.15) is 0 Å². The molecule has 4 aromatic rings. The van der Waals surface area contributed by atoms with Gasteiger partial charge in [0.2, 0.25) is 0 Å². The van der Waals surface area contributed by atoms with E-state index in [1.807, 2.05) is 60.7 Å². The van der Waals surface area contributed by atoms with Crippen molar-refractivity contribution in [2.45, 2.75) is 0 Å². The number of anilines is 2. The van der Waals surface area contributed by atoms with Gasteiger partial charge in [0.1, 0.15) is 5.75 Å². The molecule has 3 aromatic carbocycles. The van der Waals surface area contributed by atoms with Crippen molar-refractivity contribution in [2.24, 2.45) is 0 Å². The molecule has 0 bridgehead atoms. The van der Waals surface area contributed by atoms with E-state index in [1.165, 1.54) is 0 Å². The summed E-state index contributed by atoms with van der Waals surface area (Å²) in [5, 5.41) is 4.59. The zero-order valence-electron chi connectivity index (χ0n) is 13.9. The summed E-state index contributed by atoms with van der Waals surface area (Å²) in [6.07, 6.45) is 0. The molecule has 0 saturated heterocycles. The van der Waals surface area contributed by atoms with Crippen molar-refractivity contribution in [3.63, 3.8) is 0 Å². The van der Waals surface area contributed by atoms with Crippen LogP contribution in [0.2, 0.25) is 0 Å². The second kappa shape index (κ2) is 6.65. The molecule has 0 aliphatic rings. The molecule has 0 fully saturated rings. The zero-order valence-corrected chi connectivity index (χ0v) is 13.9. The Hall–Kier alpha value is -3.33. The molecule has 0 saturated carbocycles. The van der Waals surface area contributed by atoms with Gasteiger partial charge < -0.3 is 10.1 Å². The zero-order chi connectivity index (χ0) is 17.1. The second-order valence-corrected chi connectivity index (χ2v) is 5.76. The Morgan fingerprint density at radius 2 is 1.48 bits per heavy atom. The third-order valence-electron chi connectivity index (χ3n) is 4.16. The Bertz CT molecular complexity index is 1010. The van der Waals surface area contributed by atoms with Gasteiger partial charge in [0.15, 0.2) is 0 Å². The summed E-state index contributed by atoms with van der Waals surface area (Å²) in [7, 11) is 1.68.